The van der Waals surface area contributed by atoms with Crippen LogP contribution in [0.2, 0.25) is 0 Å². The maximum atomic E-state index is 6.20. The summed E-state index contributed by atoms with van der Waals surface area (Å²) in [4.78, 5) is 0. The first-order valence-electron chi connectivity index (χ1n) is 6.47. The lowest BCUT2D eigenvalue weighted by atomic mass is 9.96. The zero-order valence-corrected chi connectivity index (χ0v) is 10.5. The minimum absolute atomic E-state index is 0.348. The van der Waals surface area contributed by atoms with Crippen LogP contribution in [0.5, 0.6) is 0 Å². The van der Waals surface area contributed by atoms with Crippen molar-refractivity contribution < 1.29 is 0 Å². The van der Waals surface area contributed by atoms with Crippen LogP contribution in [0.4, 0.5) is 0 Å². The fourth-order valence-electron chi connectivity index (χ4n) is 2.26. The Balaban J connectivity index is 1.88. The van der Waals surface area contributed by atoms with Crippen molar-refractivity contribution in [3.8, 4) is 0 Å². The van der Waals surface area contributed by atoms with Crippen LogP contribution >= 0.6 is 0 Å². The summed E-state index contributed by atoms with van der Waals surface area (Å²) in [6.07, 6.45) is 6.46. The van der Waals surface area contributed by atoms with Gasteiger partial charge in [-0.25, -0.2) is 0 Å². The van der Waals surface area contributed by atoms with Crippen LogP contribution in [0.3, 0.4) is 0 Å². The topological polar surface area (TPSA) is 26.0 Å². The fourth-order valence-corrected chi connectivity index (χ4v) is 2.26. The standard InChI is InChI=1S/C15H23N/c1-11-3-4-12(2)14(9-11)10-15(16)8-7-13-5-6-13/h3-4,9,13,15H,5-8,10,16H2,1-2H3. The molecule has 16 heavy (non-hydrogen) atoms. The molecule has 2 N–H and O–H groups in total. The summed E-state index contributed by atoms with van der Waals surface area (Å²) in [5, 5.41) is 0. The zero-order chi connectivity index (χ0) is 11.5. The van der Waals surface area contributed by atoms with Crippen molar-refractivity contribution in [1.29, 1.82) is 0 Å². The van der Waals surface area contributed by atoms with Crippen LogP contribution < -0.4 is 5.73 Å². The molecule has 88 valence electrons. The van der Waals surface area contributed by atoms with E-state index in [1.54, 1.807) is 0 Å². The summed E-state index contributed by atoms with van der Waals surface area (Å²) in [6, 6.07) is 7.01. The van der Waals surface area contributed by atoms with E-state index in [1.165, 1.54) is 42.4 Å². The van der Waals surface area contributed by atoms with E-state index in [2.05, 4.69) is 32.0 Å². The number of hydrogen-bond acceptors (Lipinski definition) is 1. The minimum atomic E-state index is 0.348. The van der Waals surface area contributed by atoms with Crippen molar-refractivity contribution in [3.05, 3.63) is 34.9 Å². The van der Waals surface area contributed by atoms with Crippen molar-refractivity contribution in [2.45, 2.75) is 52.0 Å². The Bertz CT molecular complexity index is 352. The normalized spacial score (nSPS) is 17.4. The van der Waals surface area contributed by atoms with Crippen molar-refractivity contribution in [2.24, 2.45) is 11.7 Å². The van der Waals surface area contributed by atoms with Crippen LogP contribution in [0, 0.1) is 19.8 Å². The van der Waals surface area contributed by atoms with Crippen molar-refractivity contribution in [1.82, 2.24) is 0 Å². The maximum absolute atomic E-state index is 6.20. The van der Waals surface area contributed by atoms with Gasteiger partial charge < -0.3 is 5.73 Å². The lowest BCUT2D eigenvalue weighted by Gasteiger charge is -2.13. The average Bonchev–Trinajstić information content (AvgIpc) is 3.04. The highest BCUT2D eigenvalue weighted by Crippen LogP contribution is 2.33. The third-order valence-corrected chi connectivity index (χ3v) is 3.63. The Morgan fingerprint density at radius 3 is 2.75 bits per heavy atom. The Labute approximate surface area is 99.0 Å². The minimum Gasteiger partial charge on any atom is -0.327 e. The van der Waals surface area contributed by atoms with E-state index in [0.29, 0.717) is 6.04 Å². The first-order valence-corrected chi connectivity index (χ1v) is 6.47. The van der Waals surface area contributed by atoms with Gasteiger partial charge in [0.1, 0.15) is 0 Å². The van der Waals surface area contributed by atoms with Crippen LogP contribution in [0.1, 0.15) is 42.4 Å². The summed E-state index contributed by atoms with van der Waals surface area (Å²) < 4.78 is 0. The van der Waals surface area contributed by atoms with E-state index in [9.17, 15) is 0 Å². The van der Waals surface area contributed by atoms with Gasteiger partial charge in [0, 0.05) is 6.04 Å². The van der Waals surface area contributed by atoms with Gasteiger partial charge in [-0.1, -0.05) is 36.6 Å². The van der Waals surface area contributed by atoms with E-state index in [1.807, 2.05) is 0 Å². The third-order valence-electron chi connectivity index (χ3n) is 3.63. The molecule has 0 spiro atoms. The molecular weight excluding hydrogens is 194 g/mol. The second-order valence-corrected chi connectivity index (χ2v) is 5.41. The molecule has 1 heteroatoms. The van der Waals surface area contributed by atoms with Gasteiger partial charge in [0.2, 0.25) is 0 Å². The fraction of sp³-hybridized carbons (Fsp3) is 0.600. The molecule has 2 rings (SSSR count). The summed E-state index contributed by atoms with van der Waals surface area (Å²) in [5.74, 6) is 1.00. The Kier molecular flexibility index (Phi) is 3.65. The maximum Gasteiger partial charge on any atom is 0.00795 e. The summed E-state index contributed by atoms with van der Waals surface area (Å²) in [7, 11) is 0. The molecule has 0 heterocycles. The molecular formula is C15H23N. The molecule has 0 amide bonds. The highest BCUT2D eigenvalue weighted by atomic mass is 14.6. The Morgan fingerprint density at radius 2 is 2.06 bits per heavy atom. The van der Waals surface area contributed by atoms with Crippen molar-refractivity contribution >= 4 is 0 Å². The van der Waals surface area contributed by atoms with E-state index in [4.69, 9.17) is 5.73 Å². The first kappa shape index (κ1) is 11.7. The molecule has 0 radical (unpaired) electrons. The Morgan fingerprint density at radius 1 is 1.31 bits per heavy atom. The molecule has 1 aliphatic carbocycles. The lowest BCUT2D eigenvalue weighted by Crippen LogP contribution is -2.23. The highest BCUT2D eigenvalue weighted by Gasteiger charge is 2.21. The van der Waals surface area contributed by atoms with Crippen LogP contribution in [0.25, 0.3) is 0 Å². The van der Waals surface area contributed by atoms with Crippen LogP contribution in [0.15, 0.2) is 18.2 Å². The number of hydrogen-bond donors (Lipinski definition) is 1. The third kappa shape index (κ3) is 3.34. The molecule has 1 aromatic carbocycles. The summed E-state index contributed by atoms with van der Waals surface area (Å²) in [5.41, 5.74) is 10.4. The average molecular weight is 217 g/mol. The number of benzene rings is 1. The molecule has 1 aromatic rings. The highest BCUT2D eigenvalue weighted by molar-refractivity contribution is 5.31. The molecule has 1 aliphatic rings. The van der Waals surface area contributed by atoms with Crippen molar-refractivity contribution in [3.63, 3.8) is 0 Å². The monoisotopic (exact) mass is 217 g/mol. The first-order chi connectivity index (χ1) is 7.65. The van der Waals surface area contributed by atoms with Gasteiger partial charge in [-0.3, -0.25) is 0 Å². The van der Waals surface area contributed by atoms with E-state index < -0.39 is 0 Å². The number of rotatable bonds is 5. The predicted molar refractivity (Wildman–Crippen MR) is 69.6 cm³/mol. The molecule has 1 saturated carbocycles. The molecule has 0 aliphatic heterocycles. The molecule has 0 saturated heterocycles. The van der Waals surface area contributed by atoms with Gasteiger partial charge in [0.05, 0.1) is 0 Å². The van der Waals surface area contributed by atoms with Gasteiger partial charge in [-0.05, 0) is 50.2 Å². The zero-order valence-electron chi connectivity index (χ0n) is 10.5. The van der Waals surface area contributed by atoms with E-state index >= 15 is 0 Å². The quantitative estimate of drug-likeness (QED) is 0.804. The van der Waals surface area contributed by atoms with Gasteiger partial charge in [-0.2, -0.15) is 0 Å². The second-order valence-electron chi connectivity index (χ2n) is 5.41. The van der Waals surface area contributed by atoms with Gasteiger partial charge >= 0.3 is 0 Å². The van der Waals surface area contributed by atoms with Crippen molar-refractivity contribution in [2.75, 3.05) is 0 Å². The predicted octanol–water partition coefficient (Wildman–Crippen LogP) is 3.36. The molecule has 1 fully saturated rings. The molecule has 0 bridgehead atoms. The largest absolute Gasteiger partial charge is 0.327 e. The van der Waals surface area contributed by atoms with Gasteiger partial charge in [-0.15, -0.1) is 0 Å². The molecule has 0 aromatic heterocycles. The lowest BCUT2D eigenvalue weighted by molar-refractivity contribution is 0.550. The van der Waals surface area contributed by atoms with Gasteiger partial charge in [0.25, 0.3) is 0 Å². The smallest absolute Gasteiger partial charge is 0.00795 e. The van der Waals surface area contributed by atoms with Crippen LogP contribution in [-0.4, -0.2) is 6.04 Å². The van der Waals surface area contributed by atoms with E-state index in [0.717, 1.165) is 12.3 Å². The van der Waals surface area contributed by atoms with Crippen LogP contribution in [-0.2, 0) is 6.42 Å². The van der Waals surface area contributed by atoms with E-state index in [-0.39, 0.29) is 0 Å². The molecule has 1 atom stereocenters. The second kappa shape index (κ2) is 5.01. The summed E-state index contributed by atoms with van der Waals surface area (Å²) >= 11 is 0. The summed E-state index contributed by atoms with van der Waals surface area (Å²) in [6.45, 7) is 4.33. The number of nitrogens with two attached hydrogens (primary N) is 1. The molecule has 1 unspecified atom stereocenters. The van der Waals surface area contributed by atoms with Gasteiger partial charge in [0.15, 0.2) is 0 Å². The Hall–Kier alpha value is -0.820. The number of aryl methyl sites for hydroxylation is 2. The SMILES string of the molecule is Cc1ccc(C)c(CC(N)CCC2CC2)c1. The molecule has 1 nitrogen and oxygen atoms in total.